The van der Waals surface area contributed by atoms with E-state index in [9.17, 15) is 0 Å². The largest absolute Gasteiger partial charge is 0.340 e. The van der Waals surface area contributed by atoms with E-state index in [1.54, 1.807) is 0 Å². The van der Waals surface area contributed by atoms with Crippen LogP contribution in [0.2, 0.25) is 0 Å². The van der Waals surface area contributed by atoms with Crippen molar-refractivity contribution in [2.75, 3.05) is 24.5 Å². The Balaban J connectivity index is 1.53. The molecular weight excluding hydrogens is 262 g/mol. The molecule has 1 aliphatic carbocycles. The third-order valence-corrected chi connectivity index (χ3v) is 5.21. The Hall–Kier alpha value is -1.10. The molecule has 1 saturated heterocycles. The maximum absolute atomic E-state index is 5.75. The molecule has 5 nitrogen and oxygen atoms in total. The minimum Gasteiger partial charge on any atom is -0.340 e. The Kier molecular flexibility index (Phi) is 5.12. The van der Waals surface area contributed by atoms with Gasteiger partial charge in [-0.15, -0.1) is 5.10 Å². The zero-order valence-electron chi connectivity index (χ0n) is 13.1. The van der Waals surface area contributed by atoms with Crippen molar-refractivity contribution >= 4 is 5.95 Å². The van der Waals surface area contributed by atoms with Gasteiger partial charge in [-0.2, -0.15) is 4.98 Å². The highest BCUT2D eigenvalue weighted by atomic mass is 15.4. The summed E-state index contributed by atoms with van der Waals surface area (Å²) in [5.41, 5.74) is 5.75. The van der Waals surface area contributed by atoms with Crippen molar-refractivity contribution in [2.45, 2.75) is 57.8 Å². The summed E-state index contributed by atoms with van der Waals surface area (Å²) in [4.78, 5) is 7.04. The van der Waals surface area contributed by atoms with Crippen LogP contribution in [-0.2, 0) is 6.42 Å². The van der Waals surface area contributed by atoms with Crippen LogP contribution in [0.5, 0.6) is 0 Å². The first kappa shape index (κ1) is 14.8. The zero-order chi connectivity index (χ0) is 14.5. The molecule has 0 radical (unpaired) electrons. The van der Waals surface area contributed by atoms with Crippen molar-refractivity contribution in [1.29, 1.82) is 0 Å². The second kappa shape index (κ2) is 7.25. The highest BCUT2D eigenvalue weighted by Crippen LogP contribution is 2.26. The van der Waals surface area contributed by atoms with E-state index in [4.69, 9.17) is 10.7 Å². The first-order valence-electron chi connectivity index (χ1n) is 8.71. The Labute approximate surface area is 127 Å². The fourth-order valence-electron chi connectivity index (χ4n) is 3.73. The van der Waals surface area contributed by atoms with Gasteiger partial charge in [-0.3, -0.25) is 5.10 Å². The van der Waals surface area contributed by atoms with Gasteiger partial charge in [-0.1, -0.05) is 38.5 Å². The van der Waals surface area contributed by atoms with Crippen molar-refractivity contribution in [3.8, 4) is 0 Å². The summed E-state index contributed by atoms with van der Waals surface area (Å²) in [5.74, 6) is 3.47. The molecule has 3 rings (SSSR count). The molecule has 2 heterocycles. The molecule has 1 saturated carbocycles. The number of H-pyrrole nitrogens is 1. The van der Waals surface area contributed by atoms with Crippen LogP contribution in [0.1, 0.15) is 57.2 Å². The molecule has 1 aliphatic heterocycles. The van der Waals surface area contributed by atoms with Gasteiger partial charge in [0.15, 0.2) is 0 Å². The molecule has 3 N–H and O–H groups in total. The Bertz CT molecular complexity index is 414. The normalized spacial score (nSPS) is 22.4. The van der Waals surface area contributed by atoms with Gasteiger partial charge in [-0.25, -0.2) is 0 Å². The van der Waals surface area contributed by atoms with Crippen LogP contribution < -0.4 is 10.6 Å². The molecule has 2 fully saturated rings. The molecule has 21 heavy (non-hydrogen) atoms. The number of nitrogens with one attached hydrogen (secondary N) is 1. The van der Waals surface area contributed by atoms with E-state index in [1.807, 2.05) is 0 Å². The smallest absolute Gasteiger partial charge is 0.244 e. The average Bonchev–Trinajstić information content (AvgIpc) is 2.83. The number of hydrogen-bond donors (Lipinski definition) is 2. The number of aromatic amines is 1. The van der Waals surface area contributed by atoms with Crippen LogP contribution in [0.3, 0.4) is 0 Å². The molecule has 0 amide bonds. The summed E-state index contributed by atoms with van der Waals surface area (Å²) < 4.78 is 0. The number of nitrogens with zero attached hydrogens (tertiary/aromatic N) is 3. The monoisotopic (exact) mass is 291 g/mol. The number of hydrogen-bond acceptors (Lipinski definition) is 4. The molecule has 1 aromatic heterocycles. The lowest BCUT2D eigenvalue weighted by atomic mass is 9.96. The second-order valence-electron chi connectivity index (χ2n) is 6.81. The summed E-state index contributed by atoms with van der Waals surface area (Å²) in [6.45, 7) is 2.90. The van der Waals surface area contributed by atoms with Crippen LogP contribution in [-0.4, -0.2) is 34.8 Å². The number of aromatic nitrogens is 3. The predicted molar refractivity (Wildman–Crippen MR) is 85.3 cm³/mol. The summed E-state index contributed by atoms with van der Waals surface area (Å²) in [5, 5.41) is 7.61. The standard InChI is InChI=1S/C16H29N5/c17-12-14-7-9-21(10-8-14)16-18-15(19-20-16)11-13-5-3-1-2-4-6-13/h13-14H,1-12,17H2,(H,18,19,20). The van der Waals surface area contributed by atoms with E-state index in [0.717, 1.165) is 43.7 Å². The molecular formula is C16H29N5. The average molecular weight is 291 g/mol. The third-order valence-electron chi connectivity index (χ3n) is 5.21. The Morgan fingerprint density at radius 2 is 1.71 bits per heavy atom. The zero-order valence-corrected chi connectivity index (χ0v) is 13.1. The Morgan fingerprint density at radius 3 is 2.38 bits per heavy atom. The van der Waals surface area contributed by atoms with E-state index in [0.29, 0.717) is 5.92 Å². The number of rotatable bonds is 4. The van der Waals surface area contributed by atoms with E-state index in [-0.39, 0.29) is 0 Å². The first-order chi connectivity index (χ1) is 10.3. The quantitative estimate of drug-likeness (QED) is 0.836. The maximum atomic E-state index is 5.75. The lowest BCUT2D eigenvalue weighted by molar-refractivity contribution is 0.411. The van der Waals surface area contributed by atoms with Crippen molar-refractivity contribution in [3.05, 3.63) is 5.82 Å². The maximum Gasteiger partial charge on any atom is 0.244 e. The van der Waals surface area contributed by atoms with Crippen molar-refractivity contribution in [1.82, 2.24) is 15.2 Å². The molecule has 1 aromatic rings. The fraction of sp³-hybridized carbons (Fsp3) is 0.875. The molecule has 0 aromatic carbocycles. The van der Waals surface area contributed by atoms with E-state index in [1.165, 1.54) is 51.4 Å². The van der Waals surface area contributed by atoms with Crippen LogP contribution in [0.15, 0.2) is 0 Å². The van der Waals surface area contributed by atoms with Gasteiger partial charge in [-0.05, 0) is 31.2 Å². The van der Waals surface area contributed by atoms with Gasteiger partial charge in [0.2, 0.25) is 5.95 Å². The highest BCUT2D eigenvalue weighted by Gasteiger charge is 2.21. The van der Waals surface area contributed by atoms with Crippen LogP contribution >= 0.6 is 0 Å². The van der Waals surface area contributed by atoms with Crippen LogP contribution in [0, 0.1) is 11.8 Å². The fourth-order valence-corrected chi connectivity index (χ4v) is 3.73. The third kappa shape index (κ3) is 3.96. The molecule has 0 atom stereocenters. The van der Waals surface area contributed by atoms with Gasteiger partial charge < -0.3 is 10.6 Å². The highest BCUT2D eigenvalue weighted by molar-refractivity contribution is 5.29. The van der Waals surface area contributed by atoms with Crippen molar-refractivity contribution in [3.63, 3.8) is 0 Å². The van der Waals surface area contributed by atoms with Gasteiger partial charge in [0.1, 0.15) is 5.82 Å². The van der Waals surface area contributed by atoms with Gasteiger partial charge in [0.25, 0.3) is 0 Å². The minimum atomic E-state index is 0.686. The van der Waals surface area contributed by atoms with Crippen molar-refractivity contribution in [2.24, 2.45) is 17.6 Å². The van der Waals surface area contributed by atoms with Gasteiger partial charge in [0.05, 0.1) is 0 Å². The van der Waals surface area contributed by atoms with Gasteiger partial charge >= 0.3 is 0 Å². The summed E-state index contributed by atoms with van der Waals surface area (Å²) in [7, 11) is 0. The first-order valence-corrected chi connectivity index (χ1v) is 8.71. The molecule has 118 valence electrons. The van der Waals surface area contributed by atoms with Crippen LogP contribution in [0.25, 0.3) is 0 Å². The van der Waals surface area contributed by atoms with E-state index < -0.39 is 0 Å². The lowest BCUT2D eigenvalue weighted by Crippen LogP contribution is -2.36. The Morgan fingerprint density at radius 1 is 1.00 bits per heavy atom. The number of nitrogens with two attached hydrogens (primary N) is 1. The van der Waals surface area contributed by atoms with E-state index >= 15 is 0 Å². The summed E-state index contributed by atoms with van der Waals surface area (Å²) >= 11 is 0. The number of piperidine rings is 1. The SMILES string of the molecule is NCC1CCN(c2n[nH]c(CC3CCCCCC3)n2)CC1. The molecule has 0 spiro atoms. The minimum absolute atomic E-state index is 0.686. The second-order valence-corrected chi connectivity index (χ2v) is 6.81. The van der Waals surface area contributed by atoms with E-state index in [2.05, 4.69) is 15.1 Å². The molecule has 0 bridgehead atoms. The molecule has 2 aliphatic rings. The topological polar surface area (TPSA) is 70.8 Å². The number of anilines is 1. The van der Waals surface area contributed by atoms with Crippen LogP contribution in [0.4, 0.5) is 5.95 Å². The molecule has 5 heteroatoms. The summed E-state index contributed by atoms with van der Waals surface area (Å²) in [6.07, 6.45) is 11.7. The summed E-state index contributed by atoms with van der Waals surface area (Å²) in [6, 6.07) is 0. The molecule has 0 unspecified atom stereocenters. The lowest BCUT2D eigenvalue weighted by Gasteiger charge is -2.30. The van der Waals surface area contributed by atoms with Crippen molar-refractivity contribution < 1.29 is 0 Å². The predicted octanol–water partition coefficient (Wildman–Crippen LogP) is 2.49. The van der Waals surface area contributed by atoms with Gasteiger partial charge in [0, 0.05) is 19.5 Å².